The number of nitrogens with two attached hydrogens (primary N) is 1. The lowest BCUT2D eigenvalue weighted by Crippen LogP contribution is -2.10. The topological polar surface area (TPSA) is 81.2 Å². The molecule has 0 bridgehead atoms. The van der Waals surface area contributed by atoms with Crippen LogP contribution in [0.2, 0.25) is 0 Å². The molecule has 172 valence electrons. The highest BCUT2D eigenvalue weighted by Gasteiger charge is 2.23. The zero-order valence-corrected chi connectivity index (χ0v) is 19.7. The fraction of sp³-hybridized carbons (Fsp3) is 0.259. The van der Waals surface area contributed by atoms with Crippen LogP contribution in [0, 0.1) is 11.8 Å². The van der Waals surface area contributed by atoms with Gasteiger partial charge >= 0.3 is 0 Å². The second kappa shape index (κ2) is 9.08. The van der Waals surface area contributed by atoms with E-state index in [0.717, 1.165) is 30.6 Å². The fourth-order valence-corrected chi connectivity index (χ4v) is 4.50. The number of nitrogens with one attached hydrogen (secondary N) is 1. The lowest BCUT2D eigenvalue weighted by molar-refractivity contribution is 0.416. The largest absolute Gasteiger partial charge is 0.495 e. The number of nitrogen functional groups attached to an aromatic ring is 1. The molecule has 0 aliphatic carbocycles. The van der Waals surface area contributed by atoms with Gasteiger partial charge in [0.25, 0.3) is 0 Å². The molecule has 0 saturated carbocycles. The van der Waals surface area contributed by atoms with Crippen LogP contribution in [0.25, 0.3) is 22.2 Å². The highest BCUT2D eigenvalue weighted by Crippen LogP contribution is 2.38. The number of nitrogens with zero attached hydrogens (tertiary/aromatic N) is 4. The Morgan fingerprint density at radius 1 is 1.21 bits per heavy atom. The molecule has 2 aromatic carbocycles. The zero-order valence-electron chi connectivity index (χ0n) is 19.7. The van der Waals surface area contributed by atoms with Gasteiger partial charge < -0.3 is 20.4 Å². The number of benzene rings is 2. The molecule has 0 fully saturated rings. The Morgan fingerprint density at radius 3 is 2.88 bits per heavy atom. The van der Waals surface area contributed by atoms with E-state index in [2.05, 4.69) is 51.0 Å². The average Bonchev–Trinajstić information content (AvgIpc) is 3.41. The number of methoxy groups -OCH3 is 1. The van der Waals surface area contributed by atoms with E-state index in [4.69, 9.17) is 15.5 Å². The number of aryl methyl sites for hydroxylation is 1. The van der Waals surface area contributed by atoms with E-state index < -0.39 is 0 Å². The van der Waals surface area contributed by atoms with Gasteiger partial charge in [0, 0.05) is 46.7 Å². The number of aromatic nitrogens is 3. The molecular formula is C27H28N6O. The number of fused-ring (bicyclic) bond motifs is 3. The maximum absolute atomic E-state index is 6.29. The molecule has 2 aromatic heterocycles. The van der Waals surface area contributed by atoms with Crippen LogP contribution in [0.3, 0.4) is 0 Å². The molecule has 3 N–H and O–H groups in total. The molecule has 1 aliphatic heterocycles. The first kappa shape index (κ1) is 21.8. The van der Waals surface area contributed by atoms with E-state index in [9.17, 15) is 0 Å². The van der Waals surface area contributed by atoms with Gasteiger partial charge in [0.2, 0.25) is 5.95 Å². The van der Waals surface area contributed by atoms with Gasteiger partial charge in [-0.05, 0) is 45.1 Å². The Labute approximate surface area is 199 Å². The molecule has 0 unspecified atom stereocenters. The minimum Gasteiger partial charge on any atom is -0.495 e. The van der Waals surface area contributed by atoms with Gasteiger partial charge in [-0.1, -0.05) is 30.0 Å². The molecule has 0 radical (unpaired) electrons. The van der Waals surface area contributed by atoms with Crippen molar-refractivity contribution in [2.24, 2.45) is 0 Å². The van der Waals surface area contributed by atoms with Gasteiger partial charge in [-0.15, -0.1) is 0 Å². The zero-order chi connectivity index (χ0) is 23.7. The normalized spacial score (nSPS) is 12.5. The molecule has 7 heteroatoms. The molecule has 34 heavy (non-hydrogen) atoms. The third kappa shape index (κ3) is 4.04. The van der Waals surface area contributed by atoms with E-state index in [1.54, 1.807) is 13.3 Å². The van der Waals surface area contributed by atoms with Crippen LogP contribution < -0.4 is 15.8 Å². The van der Waals surface area contributed by atoms with Crippen molar-refractivity contribution in [2.45, 2.75) is 19.4 Å². The first-order valence-electron chi connectivity index (χ1n) is 11.4. The van der Waals surface area contributed by atoms with E-state index in [0.29, 0.717) is 29.6 Å². The lowest BCUT2D eigenvalue weighted by Gasteiger charge is -2.13. The lowest BCUT2D eigenvalue weighted by atomic mass is 10.1. The smallest absolute Gasteiger partial charge is 0.227 e. The number of para-hydroxylation sites is 1. The molecule has 1 aliphatic rings. The number of ether oxygens (including phenoxy) is 1. The van der Waals surface area contributed by atoms with Crippen molar-refractivity contribution in [3.05, 3.63) is 59.9 Å². The first-order valence-corrected chi connectivity index (χ1v) is 11.4. The second-order valence-electron chi connectivity index (χ2n) is 8.66. The summed E-state index contributed by atoms with van der Waals surface area (Å²) in [5.41, 5.74) is 13.0. The van der Waals surface area contributed by atoms with Gasteiger partial charge in [0.15, 0.2) is 0 Å². The van der Waals surface area contributed by atoms with Crippen molar-refractivity contribution in [1.82, 2.24) is 19.4 Å². The van der Waals surface area contributed by atoms with Gasteiger partial charge in [0.1, 0.15) is 5.75 Å². The summed E-state index contributed by atoms with van der Waals surface area (Å²) in [4.78, 5) is 11.3. The summed E-state index contributed by atoms with van der Waals surface area (Å²) in [6, 6.07) is 14.2. The summed E-state index contributed by atoms with van der Waals surface area (Å²) in [5, 5.41) is 4.52. The molecule has 3 heterocycles. The standard InChI is InChI=1S/C27H28N6O/c1-32(2)14-6-8-18-16-25(34-3)22(17-20(18)28)31-27-29-13-12-21(30-27)26-19-9-4-5-10-23(19)33-15-7-11-24(26)33/h4-5,9-10,12-13,16-17H,7,11,14-15,28H2,1-3H3,(H,29,30,31). The summed E-state index contributed by atoms with van der Waals surface area (Å²) in [7, 11) is 5.58. The van der Waals surface area contributed by atoms with Gasteiger partial charge in [-0.2, -0.15) is 0 Å². The predicted octanol–water partition coefficient (Wildman–Crippen LogP) is 4.29. The summed E-state index contributed by atoms with van der Waals surface area (Å²) in [5.74, 6) is 7.36. The molecule has 0 spiro atoms. The maximum atomic E-state index is 6.29. The van der Waals surface area contributed by atoms with Crippen molar-refractivity contribution in [1.29, 1.82) is 0 Å². The van der Waals surface area contributed by atoms with Crippen LogP contribution in [-0.2, 0) is 13.0 Å². The van der Waals surface area contributed by atoms with Crippen molar-refractivity contribution in [3.63, 3.8) is 0 Å². The van der Waals surface area contributed by atoms with Gasteiger partial charge in [0.05, 0.1) is 30.6 Å². The quantitative estimate of drug-likeness (QED) is 0.347. The third-order valence-electron chi connectivity index (χ3n) is 6.02. The Morgan fingerprint density at radius 2 is 2.06 bits per heavy atom. The molecule has 0 saturated heterocycles. The SMILES string of the molecule is COc1cc(C#CCN(C)C)c(N)cc1Nc1nccc(-c2c3n(c4ccccc24)CCC3)n1. The third-order valence-corrected chi connectivity index (χ3v) is 6.02. The Bertz CT molecular complexity index is 1430. The maximum Gasteiger partial charge on any atom is 0.227 e. The highest BCUT2D eigenvalue weighted by molar-refractivity contribution is 5.97. The highest BCUT2D eigenvalue weighted by atomic mass is 16.5. The summed E-state index contributed by atoms with van der Waals surface area (Å²) in [6.07, 6.45) is 4.00. The Hall–Kier alpha value is -4.02. The van der Waals surface area contributed by atoms with E-state index in [1.807, 2.05) is 37.2 Å². The summed E-state index contributed by atoms with van der Waals surface area (Å²) in [6.45, 7) is 1.70. The Kier molecular flexibility index (Phi) is 5.83. The fourth-order valence-electron chi connectivity index (χ4n) is 4.50. The van der Waals surface area contributed by atoms with Crippen LogP contribution in [0.15, 0.2) is 48.7 Å². The first-order chi connectivity index (χ1) is 16.5. The van der Waals surface area contributed by atoms with Crippen molar-refractivity contribution in [2.75, 3.05) is 38.8 Å². The van der Waals surface area contributed by atoms with E-state index in [1.165, 1.54) is 22.2 Å². The van der Waals surface area contributed by atoms with Crippen LogP contribution >= 0.6 is 0 Å². The van der Waals surface area contributed by atoms with Crippen LogP contribution in [0.4, 0.5) is 17.3 Å². The van der Waals surface area contributed by atoms with Crippen molar-refractivity contribution < 1.29 is 4.74 Å². The molecular weight excluding hydrogens is 424 g/mol. The molecule has 0 atom stereocenters. The second-order valence-corrected chi connectivity index (χ2v) is 8.66. The summed E-state index contributed by atoms with van der Waals surface area (Å²) < 4.78 is 8.02. The number of rotatable bonds is 5. The van der Waals surface area contributed by atoms with Crippen molar-refractivity contribution in [3.8, 4) is 28.8 Å². The van der Waals surface area contributed by atoms with Gasteiger partial charge in [-0.3, -0.25) is 4.90 Å². The van der Waals surface area contributed by atoms with Crippen molar-refractivity contribution >= 4 is 28.2 Å². The Balaban J connectivity index is 1.50. The number of anilines is 3. The van der Waals surface area contributed by atoms with Crippen LogP contribution in [-0.4, -0.2) is 47.2 Å². The number of hydrogen-bond donors (Lipinski definition) is 2. The monoisotopic (exact) mass is 452 g/mol. The van der Waals surface area contributed by atoms with E-state index >= 15 is 0 Å². The minimum atomic E-state index is 0.490. The average molecular weight is 453 g/mol. The molecule has 0 amide bonds. The van der Waals surface area contributed by atoms with Gasteiger partial charge in [-0.25, -0.2) is 9.97 Å². The molecule has 7 nitrogen and oxygen atoms in total. The van der Waals surface area contributed by atoms with Crippen LogP contribution in [0.1, 0.15) is 17.7 Å². The minimum absolute atomic E-state index is 0.490. The molecule has 4 aromatic rings. The summed E-state index contributed by atoms with van der Waals surface area (Å²) >= 11 is 0. The van der Waals surface area contributed by atoms with Crippen LogP contribution in [0.5, 0.6) is 5.75 Å². The predicted molar refractivity (Wildman–Crippen MR) is 137 cm³/mol. The number of hydrogen-bond acceptors (Lipinski definition) is 6. The van der Waals surface area contributed by atoms with E-state index in [-0.39, 0.29) is 0 Å². The molecule has 5 rings (SSSR count).